The molecule has 0 atom stereocenters. The molecule has 148 valence electrons. The quantitative estimate of drug-likeness (QED) is 0.587. The van der Waals surface area contributed by atoms with Gasteiger partial charge in [-0.15, -0.1) is 0 Å². The van der Waals surface area contributed by atoms with Crippen molar-refractivity contribution in [2.45, 2.75) is 68.3 Å². The summed E-state index contributed by atoms with van der Waals surface area (Å²) in [5.41, 5.74) is 0.882. The van der Waals surface area contributed by atoms with Gasteiger partial charge in [-0.1, -0.05) is 25.0 Å². The van der Waals surface area contributed by atoms with Crippen molar-refractivity contribution in [2.24, 2.45) is 0 Å². The minimum Gasteiger partial charge on any atom is -0.352 e. The zero-order valence-electron chi connectivity index (χ0n) is 15.4. The number of amides is 2. The summed E-state index contributed by atoms with van der Waals surface area (Å²) in [7, 11) is -3.49. The molecule has 8 heteroatoms. The number of sulfonamides is 1. The standard InChI is InChI=1S/C19H27N3O4S/c23-18(20-13-19(24)21-15-8-9-15)12-7-14-5-10-17(11-6-14)27(25,26)22-16-3-1-2-4-16/h5-6,10-11,15-16,22H,1-4,7-9,12-13H2,(H,20,23)(H,21,24). The molecule has 2 aliphatic rings. The summed E-state index contributed by atoms with van der Waals surface area (Å²) < 4.78 is 27.5. The molecule has 27 heavy (non-hydrogen) atoms. The van der Waals surface area contributed by atoms with Gasteiger partial charge in [0.25, 0.3) is 0 Å². The zero-order chi connectivity index (χ0) is 19.3. The van der Waals surface area contributed by atoms with Crippen LogP contribution in [0.4, 0.5) is 0 Å². The van der Waals surface area contributed by atoms with E-state index < -0.39 is 10.0 Å². The van der Waals surface area contributed by atoms with E-state index in [2.05, 4.69) is 15.4 Å². The zero-order valence-corrected chi connectivity index (χ0v) is 16.2. The Morgan fingerprint density at radius 3 is 2.22 bits per heavy atom. The topological polar surface area (TPSA) is 104 Å². The van der Waals surface area contributed by atoms with Crippen molar-refractivity contribution in [1.82, 2.24) is 15.4 Å². The van der Waals surface area contributed by atoms with Crippen molar-refractivity contribution in [3.63, 3.8) is 0 Å². The van der Waals surface area contributed by atoms with Crippen LogP contribution in [0.15, 0.2) is 29.2 Å². The average Bonchev–Trinajstić information content (AvgIpc) is 3.31. The number of carbonyl (C=O) groups is 2. The Bertz CT molecular complexity index is 767. The molecular weight excluding hydrogens is 366 g/mol. The minimum atomic E-state index is -3.49. The molecule has 3 rings (SSSR count). The normalized spacial score (nSPS) is 17.6. The Morgan fingerprint density at radius 1 is 0.926 bits per heavy atom. The van der Waals surface area contributed by atoms with Crippen LogP contribution in [-0.2, 0) is 26.0 Å². The Hall–Kier alpha value is -1.93. The predicted molar refractivity (Wildman–Crippen MR) is 102 cm³/mol. The fraction of sp³-hybridized carbons (Fsp3) is 0.579. The Kier molecular flexibility index (Phi) is 6.49. The van der Waals surface area contributed by atoms with E-state index in [-0.39, 0.29) is 41.8 Å². The molecule has 0 unspecified atom stereocenters. The molecule has 1 aromatic rings. The summed E-state index contributed by atoms with van der Waals surface area (Å²) in [5, 5.41) is 5.42. The number of hydrogen-bond donors (Lipinski definition) is 3. The molecule has 2 amide bonds. The van der Waals surface area contributed by atoms with Crippen molar-refractivity contribution < 1.29 is 18.0 Å². The second kappa shape index (κ2) is 8.84. The number of nitrogens with one attached hydrogen (secondary N) is 3. The molecule has 7 nitrogen and oxygen atoms in total. The second-order valence-corrected chi connectivity index (χ2v) is 9.08. The van der Waals surface area contributed by atoms with E-state index in [1.54, 1.807) is 24.3 Å². The third-order valence-corrected chi connectivity index (χ3v) is 6.48. The second-order valence-electron chi connectivity index (χ2n) is 7.37. The van der Waals surface area contributed by atoms with Crippen LogP contribution in [0.2, 0.25) is 0 Å². The number of aryl methyl sites for hydroxylation is 1. The van der Waals surface area contributed by atoms with Crippen LogP contribution in [0.3, 0.4) is 0 Å². The van der Waals surface area contributed by atoms with Crippen LogP contribution in [0.1, 0.15) is 50.5 Å². The van der Waals surface area contributed by atoms with Gasteiger partial charge in [0.1, 0.15) is 0 Å². The fourth-order valence-corrected chi connectivity index (χ4v) is 4.50. The largest absolute Gasteiger partial charge is 0.352 e. The van der Waals surface area contributed by atoms with E-state index in [4.69, 9.17) is 0 Å². The van der Waals surface area contributed by atoms with Crippen molar-refractivity contribution in [2.75, 3.05) is 6.54 Å². The van der Waals surface area contributed by atoms with Crippen molar-refractivity contribution >= 4 is 21.8 Å². The Balaban J connectivity index is 1.42. The maximum Gasteiger partial charge on any atom is 0.240 e. The van der Waals surface area contributed by atoms with Gasteiger partial charge in [0, 0.05) is 18.5 Å². The highest BCUT2D eigenvalue weighted by molar-refractivity contribution is 7.89. The van der Waals surface area contributed by atoms with E-state index >= 15 is 0 Å². The highest BCUT2D eigenvalue weighted by Crippen LogP contribution is 2.21. The molecule has 0 aliphatic heterocycles. The van der Waals surface area contributed by atoms with Crippen LogP contribution >= 0.6 is 0 Å². The molecule has 2 saturated carbocycles. The molecule has 0 bridgehead atoms. The predicted octanol–water partition coefficient (Wildman–Crippen LogP) is 1.23. The first kappa shape index (κ1) is 19.8. The number of benzene rings is 1. The summed E-state index contributed by atoms with van der Waals surface area (Å²) >= 11 is 0. The van der Waals surface area contributed by atoms with Crippen molar-refractivity contribution in [3.8, 4) is 0 Å². The highest BCUT2D eigenvalue weighted by Gasteiger charge is 2.23. The Morgan fingerprint density at radius 2 is 1.59 bits per heavy atom. The first-order valence-corrected chi connectivity index (χ1v) is 11.1. The maximum absolute atomic E-state index is 12.4. The number of carbonyl (C=O) groups excluding carboxylic acids is 2. The lowest BCUT2D eigenvalue weighted by molar-refractivity contribution is -0.126. The summed E-state index contributed by atoms with van der Waals surface area (Å²) in [5.74, 6) is -0.351. The van der Waals surface area contributed by atoms with Crippen LogP contribution < -0.4 is 15.4 Å². The molecule has 2 aliphatic carbocycles. The molecular formula is C19H27N3O4S. The van der Waals surface area contributed by atoms with Crippen molar-refractivity contribution in [3.05, 3.63) is 29.8 Å². The van der Waals surface area contributed by atoms with Crippen LogP contribution in [0.5, 0.6) is 0 Å². The van der Waals surface area contributed by atoms with Gasteiger partial charge in [-0.2, -0.15) is 0 Å². The monoisotopic (exact) mass is 393 g/mol. The average molecular weight is 394 g/mol. The third-order valence-electron chi connectivity index (χ3n) is 4.94. The van der Waals surface area contributed by atoms with Gasteiger partial charge < -0.3 is 10.6 Å². The molecule has 2 fully saturated rings. The lowest BCUT2D eigenvalue weighted by atomic mass is 10.1. The van der Waals surface area contributed by atoms with Crippen LogP contribution in [0.25, 0.3) is 0 Å². The lowest BCUT2D eigenvalue weighted by Gasteiger charge is -2.12. The van der Waals surface area contributed by atoms with E-state index in [9.17, 15) is 18.0 Å². The molecule has 3 N–H and O–H groups in total. The number of rotatable bonds is 9. The number of hydrogen-bond acceptors (Lipinski definition) is 4. The van der Waals surface area contributed by atoms with Crippen LogP contribution in [-0.4, -0.2) is 38.9 Å². The van der Waals surface area contributed by atoms with E-state index in [1.807, 2.05) is 0 Å². The van der Waals surface area contributed by atoms with Crippen LogP contribution in [0, 0.1) is 0 Å². The van der Waals surface area contributed by atoms with Gasteiger partial charge in [0.15, 0.2) is 0 Å². The first-order valence-electron chi connectivity index (χ1n) is 9.60. The fourth-order valence-electron chi connectivity index (χ4n) is 3.20. The molecule has 1 aromatic carbocycles. The van der Waals surface area contributed by atoms with E-state index in [0.717, 1.165) is 44.1 Å². The summed E-state index contributed by atoms with van der Waals surface area (Å²) in [6.45, 7) is -0.000644. The molecule has 0 aromatic heterocycles. The SMILES string of the molecule is O=C(CCc1ccc(S(=O)(=O)NC2CCCC2)cc1)NCC(=O)NC1CC1. The van der Waals surface area contributed by atoms with Gasteiger partial charge in [-0.25, -0.2) is 13.1 Å². The van der Waals surface area contributed by atoms with E-state index in [1.165, 1.54) is 0 Å². The molecule has 0 spiro atoms. The van der Waals surface area contributed by atoms with Gasteiger partial charge in [-0.3, -0.25) is 9.59 Å². The van der Waals surface area contributed by atoms with Gasteiger partial charge in [0.2, 0.25) is 21.8 Å². The summed E-state index contributed by atoms with van der Waals surface area (Å²) in [6.07, 6.45) is 6.70. The lowest BCUT2D eigenvalue weighted by Crippen LogP contribution is -2.37. The first-order chi connectivity index (χ1) is 12.9. The summed E-state index contributed by atoms with van der Waals surface area (Å²) in [4.78, 5) is 23.6. The van der Waals surface area contributed by atoms with Gasteiger partial charge in [-0.05, 0) is 49.8 Å². The smallest absolute Gasteiger partial charge is 0.240 e. The minimum absolute atomic E-state index is 0.000644. The highest BCUT2D eigenvalue weighted by atomic mass is 32.2. The maximum atomic E-state index is 12.4. The third kappa shape index (κ3) is 6.32. The van der Waals surface area contributed by atoms with Gasteiger partial charge in [0.05, 0.1) is 11.4 Å². The van der Waals surface area contributed by atoms with Crippen molar-refractivity contribution in [1.29, 1.82) is 0 Å². The molecule has 0 saturated heterocycles. The van der Waals surface area contributed by atoms with E-state index in [0.29, 0.717) is 6.42 Å². The molecule has 0 radical (unpaired) electrons. The summed E-state index contributed by atoms with van der Waals surface area (Å²) in [6, 6.07) is 6.94. The van der Waals surface area contributed by atoms with Gasteiger partial charge >= 0.3 is 0 Å². The molecule has 0 heterocycles. The Labute approximate surface area is 160 Å².